The van der Waals surface area contributed by atoms with Crippen LogP contribution in [-0.4, -0.2) is 25.7 Å². The van der Waals surface area contributed by atoms with Gasteiger partial charge in [-0.15, -0.1) is 12.1 Å². The Kier molecular flexibility index (Phi) is 17.7. The second-order valence-electron chi connectivity index (χ2n) is 2.69. The molecule has 0 bridgehead atoms. The van der Waals surface area contributed by atoms with Gasteiger partial charge in [-0.05, 0) is 0 Å². The van der Waals surface area contributed by atoms with Crippen molar-refractivity contribution in [3.05, 3.63) is 18.1 Å². The van der Waals surface area contributed by atoms with E-state index >= 15 is 0 Å². The van der Waals surface area contributed by atoms with Gasteiger partial charge in [0.1, 0.15) is 0 Å². The molecule has 0 aliphatic carbocycles. The van der Waals surface area contributed by atoms with Crippen molar-refractivity contribution in [2.45, 2.75) is 39.3 Å². The molecule has 0 saturated heterocycles. The molecule has 0 fully saturated rings. The van der Waals surface area contributed by atoms with E-state index in [9.17, 15) is 0 Å². The molecule has 0 aliphatic heterocycles. The first-order valence-electron chi connectivity index (χ1n) is 3.96. The number of hydrogen-bond acceptors (Lipinski definition) is 0. The molecule has 0 amide bonds. The Morgan fingerprint density at radius 2 is 1.67 bits per heavy atom. The Labute approximate surface area is 90.6 Å². The van der Waals surface area contributed by atoms with Crippen LogP contribution in [0.1, 0.15) is 27.2 Å². The third-order valence-corrected chi connectivity index (χ3v) is 1.62. The van der Waals surface area contributed by atoms with E-state index in [4.69, 9.17) is 0 Å². The fourth-order valence-electron chi connectivity index (χ4n) is 0.985. The third kappa shape index (κ3) is 10.5. The van der Waals surface area contributed by atoms with Crippen LogP contribution in [0.2, 0.25) is 0 Å². The Hall–Kier alpha value is 0.543. The average molecular weight is 223 g/mol. The van der Waals surface area contributed by atoms with Crippen LogP contribution in [0.3, 0.4) is 0 Å². The summed E-state index contributed by atoms with van der Waals surface area (Å²) in [5.74, 6) is 0. The summed E-state index contributed by atoms with van der Waals surface area (Å²) in [5, 5.41) is 8.50. The second kappa shape index (κ2) is 11.5. The summed E-state index contributed by atoms with van der Waals surface area (Å²) in [7, 11) is 1.86. The van der Waals surface area contributed by atoms with E-state index in [1.807, 2.05) is 7.05 Å². The maximum atomic E-state index is 4.35. The van der Waals surface area contributed by atoms with Crippen LogP contribution < -0.4 is 0 Å². The molecule has 0 N–H and O–H groups in total. The van der Waals surface area contributed by atoms with Gasteiger partial charge in [-0.25, -0.2) is 0 Å². The molecule has 2 nitrogen and oxygen atoms in total. The van der Waals surface area contributed by atoms with Gasteiger partial charge >= 0.3 is 0 Å². The Morgan fingerprint density at radius 3 is 2.00 bits per heavy atom. The minimum atomic E-state index is 0. The maximum Gasteiger partial charge on any atom is 0 e. The van der Waals surface area contributed by atoms with Crippen LogP contribution in [0.5, 0.6) is 0 Å². The summed E-state index contributed by atoms with van der Waals surface area (Å²) < 4.78 is 0. The van der Waals surface area contributed by atoms with Crippen molar-refractivity contribution in [3.8, 4) is 0 Å². The summed E-state index contributed by atoms with van der Waals surface area (Å²) >= 11 is 0. The van der Waals surface area contributed by atoms with Crippen molar-refractivity contribution in [3.63, 3.8) is 0 Å². The standard InChI is InChI=1S/C8H18N2.CH3.Zn/c1-5-10-8(3)6-7(2)9-4;;/h7-8H,5-6H2,1-4H3;1H3;/q-2;-1;. The molecular formula is C9H21N2Zn-3. The predicted octanol–water partition coefficient (Wildman–Crippen LogP) is 3.00. The fraction of sp³-hybridized carbons (Fsp3) is 0.889. The van der Waals surface area contributed by atoms with Gasteiger partial charge in [-0.2, -0.15) is 13.6 Å². The SMILES string of the molecule is CC[N-]C(C)CC(C)[N-]C.[CH3-].[Zn]. The monoisotopic (exact) mass is 221 g/mol. The zero-order chi connectivity index (χ0) is 7.98. The minimum absolute atomic E-state index is 0. The fourth-order valence-corrected chi connectivity index (χ4v) is 0.985. The van der Waals surface area contributed by atoms with E-state index in [0.717, 1.165) is 13.0 Å². The minimum Gasteiger partial charge on any atom is -0.663 e. The molecule has 0 aromatic heterocycles. The van der Waals surface area contributed by atoms with E-state index in [1.165, 1.54) is 0 Å². The topological polar surface area (TPSA) is 28.2 Å². The molecule has 72 valence electrons. The molecule has 0 aromatic rings. The van der Waals surface area contributed by atoms with Crippen molar-refractivity contribution in [2.24, 2.45) is 0 Å². The van der Waals surface area contributed by atoms with E-state index in [0.29, 0.717) is 12.1 Å². The van der Waals surface area contributed by atoms with Crippen LogP contribution >= 0.6 is 0 Å². The Morgan fingerprint density at radius 1 is 1.17 bits per heavy atom. The molecule has 0 heterocycles. The van der Waals surface area contributed by atoms with Gasteiger partial charge in [0.15, 0.2) is 0 Å². The second-order valence-corrected chi connectivity index (χ2v) is 2.69. The molecule has 0 rings (SSSR count). The van der Waals surface area contributed by atoms with Crippen molar-refractivity contribution < 1.29 is 19.5 Å². The smallest absolute Gasteiger partial charge is 0 e. The number of hydrogen-bond donors (Lipinski definition) is 0. The number of nitrogens with zero attached hydrogens (tertiary/aromatic N) is 2. The zero-order valence-electron chi connectivity index (χ0n) is 9.17. The molecule has 0 spiro atoms. The summed E-state index contributed by atoms with van der Waals surface area (Å²) in [6.45, 7) is 7.27. The molecule has 0 aromatic carbocycles. The first-order chi connectivity index (χ1) is 4.70. The largest absolute Gasteiger partial charge is 0.663 e. The van der Waals surface area contributed by atoms with E-state index in [2.05, 4.69) is 31.4 Å². The Bertz CT molecular complexity index is 78.9. The average Bonchev–Trinajstić information content (AvgIpc) is 1.88. The molecule has 12 heavy (non-hydrogen) atoms. The first-order valence-corrected chi connectivity index (χ1v) is 3.96. The van der Waals surface area contributed by atoms with Gasteiger partial charge in [-0.3, -0.25) is 0 Å². The summed E-state index contributed by atoms with van der Waals surface area (Å²) in [4.78, 5) is 0. The molecule has 0 radical (unpaired) electrons. The maximum absolute atomic E-state index is 4.35. The van der Waals surface area contributed by atoms with E-state index < -0.39 is 0 Å². The van der Waals surface area contributed by atoms with Crippen LogP contribution in [0.15, 0.2) is 0 Å². The molecule has 0 saturated carbocycles. The summed E-state index contributed by atoms with van der Waals surface area (Å²) in [5.41, 5.74) is 0. The quantitative estimate of drug-likeness (QED) is 0.505. The van der Waals surface area contributed by atoms with E-state index in [-0.39, 0.29) is 26.9 Å². The summed E-state index contributed by atoms with van der Waals surface area (Å²) in [6, 6.07) is 0.939. The zero-order valence-corrected chi connectivity index (χ0v) is 12.1. The molecule has 0 aliphatic rings. The Balaban J connectivity index is -0.000000405. The van der Waals surface area contributed by atoms with Crippen LogP contribution in [-0.2, 0) is 19.5 Å². The predicted molar refractivity (Wildman–Crippen MR) is 53.1 cm³/mol. The van der Waals surface area contributed by atoms with Crippen molar-refractivity contribution in [2.75, 3.05) is 13.6 Å². The van der Waals surface area contributed by atoms with Crippen molar-refractivity contribution in [1.82, 2.24) is 0 Å². The van der Waals surface area contributed by atoms with Crippen molar-refractivity contribution in [1.29, 1.82) is 0 Å². The van der Waals surface area contributed by atoms with Gasteiger partial charge in [0.25, 0.3) is 0 Å². The molecule has 2 unspecified atom stereocenters. The van der Waals surface area contributed by atoms with Gasteiger partial charge in [0.2, 0.25) is 0 Å². The number of rotatable bonds is 5. The summed E-state index contributed by atoms with van der Waals surface area (Å²) in [6.07, 6.45) is 1.09. The van der Waals surface area contributed by atoms with Gasteiger partial charge in [0.05, 0.1) is 0 Å². The van der Waals surface area contributed by atoms with Gasteiger partial charge in [0, 0.05) is 19.5 Å². The van der Waals surface area contributed by atoms with Crippen LogP contribution in [0, 0.1) is 7.43 Å². The van der Waals surface area contributed by atoms with Crippen LogP contribution in [0.25, 0.3) is 10.6 Å². The van der Waals surface area contributed by atoms with Gasteiger partial charge in [-0.1, -0.05) is 27.2 Å². The van der Waals surface area contributed by atoms with E-state index in [1.54, 1.807) is 0 Å². The molecule has 3 heteroatoms. The third-order valence-electron chi connectivity index (χ3n) is 1.62. The van der Waals surface area contributed by atoms with Crippen molar-refractivity contribution >= 4 is 0 Å². The van der Waals surface area contributed by atoms with Gasteiger partial charge < -0.3 is 18.1 Å². The molecule has 2 atom stereocenters. The molecular weight excluding hydrogens is 202 g/mol. The van der Waals surface area contributed by atoms with Crippen LogP contribution in [0.4, 0.5) is 0 Å². The first kappa shape index (κ1) is 18.4. The normalized spacial score (nSPS) is 14.0.